The summed E-state index contributed by atoms with van der Waals surface area (Å²) in [7, 11) is 0. The van der Waals surface area contributed by atoms with Crippen molar-refractivity contribution in [2.45, 2.75) is 182 Å². The zero-order valence-corrected chi connectivity index (χ0v) is 34.1. The number of hydrogen-bond acceptors (Lipinski definition) is 4. The normalized spacial score (nSPS) is 12.5. The first-order valence-corrected chi connectivity index (χ1v) is 21.9. The van der Waals surface area contributed by atoms with Crippen molar-refractivity contribution in [2.24, 2.45) is 0 Å². The molecule has 4 aliphatic carbocycles. The summed E-state index contributed by atoms with van der Waals surface area (Å²) in [4.78, 5) is 0. The Hall–Kier alpha value is -2.88. The minimum Gasteiger partial charge on any atom is -0.493 e. The molecule has 292 valence electrons. The van der Waals surface area contributed by atoms with Gasteiger partial charge in [0, 0.05) is 22.3 Å². The van der Waals surface area contributed by atoms with Crippen LogP contribution in [0.2, 0.25) is 0 Å². The van der Waals surface area contributed by atoms with Crippen molar-refractivity contribution in [3.05, 3.63) is 46.5 Å². The van der Waals surface area contributed by atoms with Crippen LogP contribution in [0.3, 0.4) is 0 Å². The maximum Gasteiger partial charge on any atom is 0.127 e. The van der Waals surface area contributed by atoms with Crippen molar-refractivity contribution in [1.82, 2.24) is 0 Å². The average Bonchev–Trinajstić information content (AvgIpc) is 3.15. The second-order valence-corrected chi connectivity index (χ2v) is 15.0. The molecule has 0 atom stereocenters. The van der Waals surface area contributed by atoms with E-state index in [9.17, 15) is 0 Å². The quantitative estimate of drug-likeness (QED) is 0.0603. The molecule has 0 aromatic heterocycles. The van der Waals surface area contributed by atoms with Gasteiger partial charge in [0.2, 0.25) is 0 Å². The standard InChI is InChI=1S/C48H76O4/c1-5-9-13-17-21-25-33-49-45-37-42-31-32-44-40-47(51-35-27-23-19-15-11-7-3)43(39-48(44)52-36-28-24-20-16-12-8-4)30-29-41(45)38-46(42)50-34-26-22-18-14-10-6-2/h29-32,37-40H,5-28,33-36H2,1-4H3/b30-29-,32-31?,41-29?,42-31?,43-30?,44-32?. The van der Waals surface area contributed by atoms with Gasteiger partial charge in [-0.1, -0.05) is 180 Å². The van der Waals surface area contributed by atoms with Crippen LogP contribution in [0.4, 0.5) is 0 Å². The smallest absolute Gasteiger partial charge is 0.127 e. The highest BCUT2D eigenvalue weighted by Crippen LogP contribution is 2.37. The third kappa shape index (κ3) is 17.8. The van der Waals surface area contributed by atoms with Crippen molar-refractivity contribution >= 4 is 24.3 Å². The Balaban J connectivity index is 1.85. The second kappa shape index (κ2) is 28.6. The fourth-order valence-electron chi connectivity index (χ4n) is 6.82. The van der Waals surface area contributed by atoms with Crippen LogP contribution in [0.5, 0.6) is 23.0 Å². The van der Waals surface area contributed by atoms with Crippen molar-refractivity contribution in [3.8, 4) is 23.0 Å². The lowest BCUT2D eigenvalue weighted by Gasteiger charge is -2.18. The Kier molecular flexibility index (Phi) is 23.9. The first-order chi connectivity index (χ1) is 25.7. The minimum atomic E-state index is 0.727. The van der Waals surface area contributed by atoms with Gasteiger partial charge in [-0.15, -0.1) is 0 Å². The molecule has 0 N–H and O–H groups in total. The molecule has 4 bridgehead atoms. The lowest BCUT2D eigenvalue weighted by molar-refractivity contribution is 0.295. The number of rotatable bonds is 32. The SMILES string of the molecule is CCCCCCCCOc1cc2c(OCCCCCCCC)cc1C=Cc1cc(OCCCCCCCC)c(cc1OCCCCCCCC)/C=C\2. The molecule has 4 nitrogen and oxygen atoms in total. The van der Waals surface area contributed by atoms with Gasteiger partial charge in [-0.25, -0.2) is 0 Å². The summed E-state index contributed by atoms with van der Waals surface area (Å²) in [6, 6.07) is 8.74. The van der Waals surface area contributed by atoms with Gasteiger partial charge in [0.25, 0.3) is 0 Å². The van der Waals surface area contributed by atoms with Gasteiger partial charge in [-0.3, -0.25) is 0 Å². The van der Waals surface area contributed by atoms with Crippen LogP contribution >= 0.6 is 0 Å². The highest BCUT2D eigenvalue weighted by molar-refractivity contribution is 5.84. The molecular weight excluding hydrogens is 641 g/mol. The van der Waals surface area contributed by atoms with E-state index in [0.29, 0.717) is 0 Å². The van der Waals surface area contributed by atoms with Gasteiger partial charge in [0.05, 0.1) is 26.4 Å². The van der Waals surface area contributed by atoms with Crippen molar-refractivity contribution in [1.29, 1.82) is 0 Å². The molecule has 4 aliphatic rings. The van der Waals surface area contributed by atoms with Gasteiger partial charge in [0.1, 0.15) is 23.0 Å². The molecule has 52 heavy (non-hydrogen) atoms. The summed E-state index contributed by atoms with van der Waals surface area (Å²) in [5.74, 6) is 3.67. The zero-order chi connectivity index (χ0) is 36.9. The fourth-order valence-corrected chi connectivity index (χ4v) is 6.82. The molecule has 0 heterocycles. The third-order valence-corrected chi connectivity index (χ3v) is 10.2. The lowest BCUT2D eigenvalue weighted by atomic mass is 10.0. The Morgan fingerprint density at radius 3 is 0.673 bits per heavy atom. The highest BCUT2D eigenvalue weighted by Gasteiger charge is 2.15. The van der Waals surface area contributed by atoms with Gasteiger partial charge >= 0.3 is 0 Å². The Labute approximate surface area is 320 Å². The van der Waals surface area contributed by atoms with Crippen molar-refractivity contribution in [3.63, 3.8) is 0 Å². The van der Waals surface area contributed by atoms with Crippen LogP contribution in [0, 0.1) is 0 Å². The number of hydrogen-bond donors (Lipinski definition) is 0. The van der Waals surface area contributed by atoms with Crippen LogP contribution < -0.4 is 18.9 Å². The number of unbranched alkanes of at least 4 members (excludes halogenated alkanes) is 20. The summed E-state index contributed by atoms with van der Waals surface area (Å²) in [5, 5.41) is 0. The first kappa shape index (κ1) is 43.5. The molecule has 0 amide bonds. The van der Waals surface area contributed by atoms with Gasteiger partial charge in [0.15, 0.2) is 0 Å². The third-order valence-electron chi connectivity index (χ3n) is 10.2. The molecule has 0 saturated carbocycles. The summed E-state index contributed by atoms with van der Waals surface area (Å²) >= 11 is 0. The molecule has 0 spiro atoms. The largest absolute Gasteiger partial charge is 0.493 e. The van der Waals surface area contributed by atoms with E-state index in [4.69, 9.17) is 18.9 Å². The molecule has 0 fully saturated rings. The van der Waals surface area contributed by atoms with Crippen LogP contribution in [0.25, 0.3) is 24.3 Å². The highest BCUT2D eigenvalue weighted by atomic mass is 16.5. The number of benzene rings is 2. The summed E-state index contributed by atoms with van der Waals surface area (Å²) in [6.07, 6.45) is 38.7. The van der Waals surface area contributed by atoms with E-state index >= 15 is 0 Å². The van der Waals surface area contributed by atoms with Gasteiger partial charge in [-0.2, -0.15) is 0 Å². The van der Waals surface area contributed by atoms with Crippen molar-refractivity contribution in [2.75, 3.05) is 26.4 Å². The van der Waals surface area contributed by atoms with E-state index in [0.717, 1.165) is 97.4 Å². The van der Waals surface area contributed by atoms with Crippen molar-refractivity contribution < 1.29 is 18.9 Å². The van der Waals surface area contributed by atoms with E-state index < -0.39 is 0 Å². The van der Waals surface area contributed by atoms with E-state index in [-0.39, 0.29) is 0 Å². The maximum atomic E-state index is 6.52. The van der Waals surface area contributed by atoms with E-state index in [1.165, 1.54) is 128 Å². The van der Waals surface area contributed by atoms with Crippen LogP contribution in [0.15, 0.2) is 24.3 Å². The summed E-state index contributed by atoms with van der Waals surface area (Å²) in [5.41, 5.74) is 4.17. The predicted octanol–water partition coefficient (Wildman–Crippen LogP) is 15.3. The van der Waals surface area contributed by atoms with E-state index in [1.54, 1.807) is 0 Å². The van der Waals surface area contributed by atoms with Crippen LogP contribution in [-0.4, -0.2) is 26.4 Å². The fraction of sp³-hybridized carbons (Fsp3) is 0.667. The lowest BCUT2D eigenvalue weighted by Crippen LogP contribution is -2.04. The first-order valence-electron chi connectivity index (χ1n) is 21.9. The molecule has 4 heteroatoms. The topological polar surface area (TPSA) is 36.9 Å². The molecule has 0 aliphatic heterocycles. The van der Waals surface area contributed by atoms with Gasteiger partial charge in [-0.05, 0) is 49.9 Å². The average molecular weight is 717 g/mol. The van der Waals surface area contributed by atoms with Gasteiger partial charge < -0.3 is 18.9 Å². The molecular formula is C48H76O4. The minimum absolute atomic E-state index is 0.727. The Bertz CT molecular complexity index is 1070. The van der Waals surface area contributed by atoms with E-state index in [1.807, 2.05) is 0 Å². The second-order valence-electron chi connectivity index (χ2n) is 15.0. The van der Waals surface area contributed by atoms with Crippen LogP contribution in [-0.2, 0) is 0 Å². The summed E-state index contributed by atoms with van der Waals surface area (Å²) in [6.45, 7) is 12.0. The molecule has 2 aromatic carbocycles. The van der Waals surface area contributed by atoms with E-state index in [2.05, 4.69) is 76.3 Å². The monoisotopic (exact) mass is 717 g/mol. The Morgan fingerprint density at radius 1 is 0.269 bits per heavy atom. The molecule has 0 unspecified atom stereocenters. The molecule has 0 radical (unpaired) electrons. The molecule has 2 aromatic rings. The predicted molar refractivity (Wildman–Crippen MR) is 226 cm³/mol. The molecule has 0 saturated heterocycles. The molecule has 6 rings (SSSR count). The Morgan fingerprint density at radius 2 is 0.462 bits per heavy atom. The summed E-state index contributed by atoms with van der Waals surface area (Å²) < 4.78 is 26.1. The van der Waals surface area contributed by atoms with Crippen LogP contribution in [0.1, 0.15) is 204 Å². The number of ether oxygens (including phenoxy) is 4. The maximum absolute atomic E-state index is 6.52. The zero-order valence-electron chi connectivity index (χ0n) is 34.1.